The van der Waals surface area contributed by atoms with Crippen LogP contribution in [0.1, 0.15) is 24.1 Å². The topological polar surface area (TPSA) is 106 Å². The number of nitrogens with zero attached hydrogens (tertiary/aromatic N) is 1. The van der Waals surface area contributed by atoms with E-state index in [4.69, 9.17) is 19.6 Å². The molecule has 1 atom stereocenters. The Morgan fingerprint density at radius 2 is 1.89 bits per heavy atom. The van der Waals surface area contributed by atoms with Gasteiger partial charge in [-0.3, -0.25) is 10.7 Å². The maximum atomic E-state index is 12.1. The van der Waals surface area contributed by atoms with E-state index in [-0.39, 0.29) is 18.0 Å². The summed E-state index contributed by atoms with van der Waals surface area (Å²) in [7, 11) is 3.17. The number of urea groups is 1. The number of rotatable bonds is 8. The number of carbonyl (C=O) groups is 1. The Balaban J connectivity index is 1.86. The molecule has 0 spiro atoms. The van der Waals surface area contributed by atoms with Crippen molar-refractivity contribution in [2.45, 2.75) is 13.0 Å². The smallest absolute Gasteiger partial charge is 0.320 e. The number of methoxy groups -OCH3 is 2. The molecule has 0 bridgehead atoms. The van der Waals surface area contributed by atoms with E-state index in [9.17, 15) is 4.79 Å². The quantitative estimate of drug-likeness (QED) is 0.375. The van der Waals surface area contributed by atoms with Crippen molar-refractivity contribution in [1.29, 1.82) is 5.41 Å². The van der Waals surface area contributed by atoms with Gasteiger partial charge in [0.1, 0.15) is 18.2 Å². The van der Waals surface area contributed by atoms with Crippen molar-refractivity contribution >= 4 is 17.7 Å². The van der Waals surface area contributed by atoms with E-state index in [1.54, 1.807) is 26.4 Å². The number of anilines is 1. The van der Waals surface area contributed by atoms with Crippen LogP contribution in [0.5, 0.6) is 5.75 Å². The zero-order valence-electron chi connectivity index (χ0n) is 15.6. The fourth-order valence-corrected chi connectivity index (χ4v) is 2.24. The number of amides is 2. The summed E-state index contributed by atoms with van der Waals surface area (Å²) in [6.45, 7) is 2.58. The van der Waals surface area contributed by atoms with Crippen LogP contribution in [0.3, 0.4) is 0 Å². The fraction of sp³-hybridized carbons (Fsp3) is 0.316. The summed E-state index contributed by atoms with van der Waals surface area (Å²) in [6, 6.07) is 10.2. The minimum Gasteiger partial charge on any atom is -0.497 e. The molecular weight excluding hydrogens is 348 g/mol. The number of ether oxygens (including phenoxy) is 3. The van der Waals surface area contributed by atoms with E-state index < -0.39 is 0 Å². The molecule has 2 rings (SSSR count). The SMILES string of the molecule is COCCOC(=N)c1ccc(NC(=O)NC(C)c2ccc(OC)cc2)nc1. The van der Waals surface area contributed by atoms with Gasteiger partial charge in [-0.05, 0) is 36.8 Å². The van der Waals surface area contributed by atoms with Crippen molar-refractivity contribution < 1.29 is 19.0 Å². The molecule has 144 valence electrons. The average Bonchev–Trinajstić information content (AvgIpc) is 2.68. The molecule has 1 unspecified atom stereocenters. The van der Waals surface area contributed by atoms with Crippen LogP contribution < -0.4 is 15.4 Å². The van der Waals surface area contributed by atoms with Gasteiger partial charge in [-0.25, -0.2) is 9.78 Å². The Hall–Kier alpha value is -3.13. The van der Waals surface area contributed by atoms with Gasteiger partial charge in [-0.2, -0.15) is 0 Å². The van der Waals surface area contributed by atoms with Gasteiger partial charge < -0.3 is 19.5 Å². The Morgan fingerprint density at radius 3 is 2.48 bits per heavy atom. The van der Waals surface area contributed by atoms with Gasteiger partial charge in [0.15, 0.2) is 0 Å². The molecule has 2 aromatic rings. The fourth-order valence-electron chi connectivity index (χ4n) is 2.24. The Kier molecular flexibility index (Phi) is 7.57. The molecule has 27 heavy (non-hydrogen) atoms. The van der Waals surface area contributed by atoms with Gasteiger partial charge in [-0.1, -0.05) is 12.1 Å². The minimum atomic E-state index is -0.370. The second kappa shape index (κ2) is 10.1. The number of hydrogen-bond donors (Lipinski definition) is 3. The average molecular weight is 372 g/mol. The van der Waals surface area contributed by atoms with Crippen LogP contribution in [0.15, 0.2) is 42.6 Å². The lowest BCUT2D eigenvalue weighted by molar-refractivity contribution is 0.141. The van der Waals surface area contributed by atoms with Gasteiger partial charge in [0.05, 0.1) is 25.3 Å². The van der Waals surface area contributed by atoms with E-state index in [1.165, 1.54) is 6.20 Å². The van der Waals surface area contributed by atoms with Crippen molar-refractivity contribution in [3.63, 3.8) is 0 Å². The molecule has 1 aromatic carbocycles. The monoisotopic (exact) mass is 372 g/mol. The van der Waals surface area contributed by atoms with Crippen molar-refractivity contribution in [2.75, 3.05) is 32.8 Å². The normalized spacial score (nSPS) is 11.4. The number of hydrogen-bond acceptors (Lipinski definition) is 6. The summed E-state index contributed by atoms with van der Waals surface area (Å²) in [5.41, 5.74) is 1.47. The van der Waals surface area contributed by atoms with Gasteiger partial charge in [-0.15, -0.1) is 0 Å². The van der Waals surface area contributed by atoms with Crippen molar-refractivity contribution in [1.82, 2.24) is 10.3 Å². The predicted molar refractivity (Wildman–Crippen MR) is 102 cm³/mol. The molecule has 8 heteroatoms. The first-order valence-corrected chi connectivity index (χ1v) is 8.41. The van der Waals surface area contributed by atoms with Crippen LogP contribution in [-0.2, 0) is 9.47 Å². The summed E-state index contributed by atoms with van der Waals surface area (Å²) >= 11 is 0. The highest BCUT2D eigenvalue weighted by atomic mass is 16.5. The number of nitrogens with one attached hydrogen (secondary N) is 3. The summed E-state index contributed by atoms with van der Waals surface area (Å²) in [6.07, 6.45) is 1.47. The summed E-state index contributed by atoms with van der Waals surface area (Å²) in [5, 5.41) is 13.3. The van der Waals surface area contributed by atoms with Gasteiger partial charge in [0.25, 0.3) is 0 Å². The molecule has 0 saturated heterocycles. The van der Waals surface area contributed by atoms with E-state index in [0.717, 1.165) is 11.3 Å². The molecule has 8 nitrogen and oxygen atoms in total. The van der Waals surface area contributed by atoms with Gasteiger partial charge in [0, 0.05) is 13.3 Å². The van der Waals surface area contributed by atoms with Crippen LogP contribution in [-0.4, -0.2) is 44.3 Å². The first-order chi connectivity index (χ1) is 13.0. The maximum Gasteiger partial charge on any atom is 0.320 e. The maximum absolute atomic E-state index is 12.1. The largest absolute Gasteiger partial charge is 0.497 e. The highest BCUT2D eigenvalue weighted by Crippen LogP contribution is 2.17. The van der Waals surface area contributed by atoms with E-state index >= 15 is 0 Å². The third kappa shape index (κ3) is 6.27. The zero-order chi connectivity index (χ0) is 19.6. The molecule has 0 radical (unpaired) electrons. The highest BCUT2D eigenvalue weighted by Gasteiger charge is 2.11. The highest BCUT2D eigenvalue weighted by molar-refractivity contribution is 5.92. The molecule has 2 amide bonds. The van der Waals surface area contributed by atoms with E-state index in [2.05, 4.69) is 15.6 Å². The van der Waals surface area contributed by atoms with Crippen molar-refractivity contribution in [3.8, 4) is 5.75 Å². The number of aromatic nitrogens is 1. The molecule has 0 aliphatic heterocycles. The minimum absolute atomic E-state index is 0.00341. The molecule has 0 aliphatic rings. The van der Waals surface area contributed by atoms with Crippen molar-refractivity contribution in [2.24, 2.45) is 0 Å². The summed E-state index contributed by atoms with van der Waals surface area (Å²) in [4.78, 5) is 16.3. The van der Waals surface area contributed by atoms with Crippen LogP contribution in [0.4, 0.5) is 10.6 Å². The van der Waals surface area contributed by atoms with Crippen LogP contribution in [0.2, 0.25) is 0 Å². The van der Waals surface area contributed by atoms with Crippen LogP contribution >= 0.6 is 0 Å². The van der Waals surface area contributed by atoms with E-state index in [1.807, 2.05) is 31.2 Å². The molecule has 0 aliphatic carbocycles. The van der Waals surface area contributed by atoms with Crippen molar-refractivity contribution in [3.05, 3.63) is 53.7 Å². The van der Waals surface area contributed by atoms with E-state index in [0.29, 0.717) is 24.6 Å². The third-order valence-electron chi connectivity index (χ3n) is 3.76. The lowest BCUT2D eigenvalue weighted by Gasteiger charge is -2.15. The predicted octanol–water partition coefficient (Wildman–Crippen LogP) is 2.96. The summed E-state index contributed by atoms with van der Waals surface area (Å²) < 4.78 is 15.2. The second-order valence-corrected chi connectivity index (χ2v) is 5.70. The molecule has 0 fully saturated rings. The Labute approximate surface area is 158 Å². The standard InChI is InChI=1S/C19H24N4O4/c1-13(14-4-7-16(26-3)8-5-14)22-19(24)23-17-9-6-15(12-21-17)18(20)27-11-10-25-2/h4-9,12-13,20H,10-11H2,1-3H3,(H2,21,22,23,24). The van der Waals surface area contributed by atoms with Crippen LogP contribution in [0, 0.1) is 5.41 Å². The van der Waals surface area contributed by atoms with Gasteiger partial charge in [0.2, 0.25) is 5.90 Å². The molecule has 1 aromatic heterocycles. The van der Waals surface area contributed by atoms with Crippen LogP contribution in [0.25, 0.3) is 0 Å². The molecular formula is C19H24N4O4. The molecule has 3 N–H and O–H groups in total. The molecule has 0 saturated carbocycles. The second-order valence-electron chi connectivity index (χ2n) is 5.70. The lowest BCUT2D eigenvalue weighted by Crippen LogP contribution is -2.31. The zero-order valence-corrected chi connectivity index (χ0v) is 15.6. The third-order valence-corrected chi connectivity index (χ3v) is 3.76. The Bertz CT molecular complexity index is 747. The summed E-state index contributed by atoms with van der Waals surface area (Å²) in [5.74, 6) is 1.14. The first kappa shape index (κ1) is 20.2. The number of pyridine rings is 1. The van der Waals surface area contributed by atoms with Gasteiger partial charge >= 0.3 is 6.03 Å². The number of carbonyl (C=O) groups excluding carboxylic acids is 1. The first-order valence-electron chi connectivity index (χ1n) is 8.41. The number of benzene rings is 1. The lowest BCUT2D eigenvalue weighted by atomic mass is 10.1. The molecule has 1 heterocycles. The Morgan fingerprint density at radius 1 is 1.15 bits per heavy atom.